The van der Waals surface area contributed by atoms with E-state index >= 15 is 0 Å². The summed E-state index contributed by atoms with van der Waals surface area (Å²) in [6.45, 7) is 11.6. The van der Waals surface area contributed by atoms with Gasteiger partial charge in [0.2, 0.25) is 0 Å². The Kier molecular flexibility index (Phi) is 8.83. The lowest BCUT2D eigenvalue weighted by Crippen LogP contribution is -2.43. The first-order chi connectivity index (χ1) is 11.4. The van der Waals surface area contributed by atoms with Crippen LogP contribution in [0.3, 0.4) is 0 Å². The van der Waals surface area contributed by atoms with Gasteiger partial charge in [0.15, 0.2) is 0 Å². The van der Waals surface area contributed by atoms with E-state index in [0.29, 0.717) is 19.1 Å². The molecule has 0 spiro atoms. The minimum Gasteiger partial charge on any atom is -0.493 e. The molecule has 0 saturated heterocycles. The van der Waals surface area contributed by atoms with Crippen LogP contribution in [0.2, 0.25) is 0 Å². The molecule has 0 aromatic heterocycles. The average molecular weight is 335 g/mol. The number of amides is 1. The molecule has 1 N–H and O–H groups in total. The van der Waals surface area contributed by atoms with Gasteiger partial charge in [-0.25, -0.2) is 0 Å². The Balaban J connectivity index is 2.68. The van der Waals surface area contributed by atoms with Crippen LogP contribution in [0.15, 0.2) is 24.3 Å². The van der Waals surface area contributed by atoms with Crippen molar-refractivity contribution in [2.24, 2.45) is 5.92 Å². The molecule has 4 nitrogen and oxygen atoms in total. The summed E-state index contributed by atoms with van der Waals surface area (Å²) < 4.78 is 11.5. The van der Waals surface area contributed by atoms with Gasteiger partial charge >= 0.3 is 0 Å². The van der Waals surface area contributed by atoms with Crippen molar-refractivity contribution < 1.29 is 14.3 Å². The summed E-state index contributed by atoms with van der Waals surface area (Å²) in [4.78, 5) is 12.7. The maximum Gasteiger partial charge on any atom is 0.256 e. The molecule has 0 bridgehead atoms. The first kappa shape index (κ1) is 20.5. The lowest BCUT2D eigenvalue weighted by molar-refractivity contribution is -0.140. The molecule has 0 saturated carbocycles. The molecular weight excluding hydrogens is 302 g/mol. The van der Waals surface area contributed by atoms with Crippen molar-refractivity contribution in [3.63, 3.8) is 0 Å². The molecule has 0 aliphatic rings. The zero-order chi connectivity index (χ0) is 18.0. The van der Waals surface area contributed by atoms with Crippen LogP contribution in [0.1, 0.15) is 60.3 Å². The summed E-state index contributed by atoms with van der Waals surface area (Å²) >= 11 is 0. The Morgan fingerprint density at radius 1 is 1.17 bits per heavy atom. The van der Waals surface area contributed by atoms with E-state index < -0.39 is 5.60 Å². The third kappa shape index (κ3) is 6.91. The minimum absolute atomic E-state index is 0.0831. The Bertz CT molecular complexity index is 474. The number of ether oxygens (including phenoxy) is 2. The fourth-order valence-electron chi connectivity index (χ4n) is 2.25. The zero-order valence-electron chi connectivity index (χ0n) is 15.9. The van der Waals surface area contributed by atoms with Gasteiger partial charge in [-0.05, 0) is 49.9 Å². The van der Waals surface area contributed by atoms with E-state index in [-0.39, 0.29) is 5.91 Å². The highest BCUT2D eigenvalue weighted by atomic mass is 16.5. The normalized spacial score (nSPS) is 13.6. The van der Waals surface area contributed by atoms with E-state index in [1.807, 2.05) is 38.1 Å². The molecule has 1 unspecified atom stereocenters. The number of hydrogen-bond donors (Lipinski definition) is 1. The second kappa shape index (κ2) is 10.3. The second-order valence-electron chi connectivity index (χ2n) is 6.87. The lowest BCUT2D eigenvalue weighted by atomic mass is 9.97. The molecule has 0 aliphatic heterocycles. The summed E-state index contributed by atoms with van der Waals surface area (Å²) in [5, 5.41) is 2.97. The number of unbranched alkanes of at least 4 members (excludes halogenated alkanes) is 1. The molecular formula is C20H33NO3. The van der Waals surface area contributed by atoms with Crippen molar-refractivity contribution in [3.05, 3.63) is 24.3 Å². The molecule has 1 atom stereocenters. The standard InChI is InChI=1S/C20H33NO3/c1-6-8-13-20(5,24-14-7-2)19(22)21-17-9-11-18(12-10-17)23-15-16(3)4/h9-12,16H,6-8,13-15H2,1-5H3,(H,21,22). The molecule has 0 fully saturated rings. The van der Waals surface area contributed by atoms with Crippen molar-refractivity contribution in [1.29, 1.82) is 0 Å². The number of carbonyl (C=O) groups is 1. The van der Waals surface area contributed by atoms with Crippen LogP contribution in [0.25, 0.3) is 0 Å². The fourth-order valence-corrected chi connectivity index (χ4v) is 2.25. The predicted molar refractivity (Wildman–Crippen MR) is 99.6 cm³/mol. The van der Waals surface area contributed by atoms with Crippen LogP contribution >= 0.6 is 0 Å². The molecule has 4 heteroatoms. The van der Waals surface area contributed by atoms with Gasteiger partial charge in [-0.15, -0.1) is 0 Å². The molecule has 0 heterocycles. The van der Waals surface area contributed by atoms with Gasteiger partial charge in [0.25, 0.3) is 5.91 Å². The van der Waals surface area contributed by atoms with E-state index in [1.54, 1.807) is 0 Å². The third-order valence-corrected chi connectivity index (χ3v) is 3.81. The van der Waals surface area contributed by atoms with Crippen molar-refractivity contribution >= 4 is 11.6 Å². The predicted octanol–water partition coefficient (Wildman–Crippen LogP) is 5.04. The van der Waals surface area contributed by atoms with Gasteiger partial charge in [-0.1, -0.05) is 40.5 Å². The average Bonchev–Trinajstić information content (AvgIpc) is 2.57. The third-order valence-electron chi connectivity index (χ3n) is 3.81. The largest absolute Gasteiger partial charge is 0.493 e. The number of benzene rings is 1. The molecule has 1 rings (SSSR count). The number of rotatable bonds is 11. The number of hydrogen-bond acceptors (Lipinski definition) is 3. The van der Waals surface area contributed by atoms with Gasteiger partial charge in [0, 0.05) is 12.3 Å². The SMILES string of the molecule is CCCCC(C)(OCCC)C(=O)Nc1ccc(OCC(C)C)cc1. The maximum atomic E-state index is 12.7. The van der Waals surface area contributed by atoms with Gasteiger partial charge in [0.1, 0.15) is 11.4 Å². The van der Waals surface area contributed by atoms with Crippen molar-refractivity contribution in [2.45, 2.75) is 65.9 Å². The summed E-state index contributed by atoms with van der Waals surface area (Å²) in [5.41, 5.74) is -0.0153. The van der Waals surface area contributed by atoms with Gasteiger partial charge < -0.3 is 14.8 Å². The molecule has 1 aromatic rings. The van der Waals surface area contributed by atoms with Crippen molar-refractivity contribution in [1.82, 2.24) is 0 Å². The van der Waals surface area contributed by atoms with Gasteiger partial charge in [0.05, 0.1) is 6.61 Å². The van der Waals surface area contributed by atoms with E-state index in [2.05, 4.69) is 26.1 Å². The van der Waals surface area contributed by atoms with E-state index in [0.717, 1.165) is 37.1 Å². The van der Waals surface area contributed by atoms with Gasteiger partial charge in [-0.3, -0.25) is 4.79 Å². The number of anilines is 1. The smallest absolute Gasteiger partial charge is 0.256 e. The van der Waals surface area contributed by atoms with Crippen LogP contribution < -0.4 is 10.1 Å². The number of carbonyl (C=O) groups excluding carboxylic acids is 1. The highest BCUT2D eigenvalue weighted by Crippen LogP contribution is 2.23. The summed E-state index contributed by atoms with van der Waals surface area (Å²) in [6.07, 6.45) is 3.64. The van der Waals surface area contributed by atoms with Crippen LogP contribution in [0.5, 0.6) is 5.75 Å². The van der Waals surface area contributed by atoms with E-state index in [1.165, 1.54) is 0 Å². The molecule has 24 heavy (non-hydrogen) atoms. The summed E-state index contributed by atoms with van der Waals surface area (Å²) in [7, 11) is 0. The summed E-state index contributed by atoms with van der Waals surface area (Å²) in [6, 6.07) is 7.50. The molecule has 1 amide bonds. The van der Waals surface area contributed by atoms with Crippen LogP contribution in [0.4, 0.5) is 5.69 Å². The van der Waals surface area contributed by atoms with Gasteiger partial charge in [-0.2, -0.15) is 0 Å². The second-order valence-corrected chi connectivity index (χ2v) is 6.87. The lowest BCUT2D eigenvalue weighted by Gasteiger charge is -2.28. The molecule has 136 valence electrons. The zero-order valence-corrected chi connectivity index (χ0v) is 15.9. The molecule has 0 radical (unpaired) electrons. The van der Waals surface area contributed by atoms with E-state index in [4.69, 9.17) is 9.47 Å². The Labute approximate surface area is 146 Å². The van der Waals surface area contributed by atoms with Crippen molar-refractivity contribution in [2.75, 3.05) is 18.5 Å². The van der Waals surface area contributed by atoms with Crippen LogP contribution in [-0.4, -0.2) is 24.7 Å². The monoisotopic (exact) mass is 335 g/mol. The summed E-state index contributed by atoms with van der Waals surface area (Å²) in [5.74, 6) is 1.22. The fraction of sp³-hybridized carbons (Fsp3) is 0.650. The first-order valence-corrected chi connectivity index (χ1v) is 9.09. The quantitative estimate of drug-likeness (QED) is 0.616. The first-order valence-electron chi connectivity index (χ1n) is 9.09. The van der Waals surface area contributed by atoms with Crippen molar-refractivity contribution in [3.8, 4) is 5.75 Å². The molecule has 1 aromatic carbocycles. The topological polar surface area (TPSA) is 47.6 Å². The minimum atomic E-state index is -0.779. The molecule has 0 aliphatic carbocycles. The highest BCUT2D eigenvalue weighted by Gasteiger charge is 2.33. The highest BCUT2D eigenvalue weighted by molar-refractivity contribution is 5.97. The Morgan fingerprint density at radius 2 is 1.83 bits per heavy atom. The maximum absolute atomic E-state index is 12.7. The van der Waals surface area contributed by atoms with E-state index in [9.17, 15) is 4.79 Å². The Hall–Kier alpha value is -1.55. The number of nitrogens with one attached hydrogen (secondary N) is 1. The van der Waals surface area contributed by atoms with Crippen LogP contribution in [-0.2, 0) is 9.53 Å². The Morgan fingerprint density at radius 3 is 2.38 bits per heavy atom. The van der Waals surface area contributed by atoms with Crippen LogP contribution in [0, 0.1) is 5.92 Å².